The lowest BCUT2D eigenvalue weighted by atomic mass is 10.1. The summed E-state index contributed by atoms with van der Waals surface area (Å²) in [4.78, 5) is 13.9. The Labute approximate surface area is 123 Å². The molecule has 1 aliphatic rings. The molecule has 5 nitrogen and oxygen atoms in total. The van der Waals surface area contributed by atoms with Gasteiger partial charge < -0.3 is 10.2 Å². The van der Waals surface area contributed by atoms with Crippen LogP contribution in [0.2, 0.25) is 5.02 Å². The van der Waals surface area contributed by atoms with Crippen molar-refractivity contribution in [3.8, 4) is 0 Å². The predicted molar refractivity (Wildman–Crippen MR) is 78.8 cm³/mol. The molecule has 2 rings (SSSR count). The van der Waals surface area contributed by atoms with Crippen LogP contribution in [0.5, 0.6) is 0 Å². The molecule has 1 N–H and O–H groups in total. The molecular weight excluding hydrogens is 300 g/mol. The van der Waals surface area contributed by atoms with Gasteiger partial charge in [0.05, 0.1) is 17.5 Å². The Morgan fingerprint density at radius 2 is 1.90 bits per heavy atom. The van der Waals surface area contributed by atoms with Crippen LogP contribution in [0.25, 0.3) is 0 Å². The highest BCUT2D eigenvalue weighted by molar-refractivity contribution is 7.91. The molecular formula is C13H17ClN2O3S. The topological polar surface area (TPSA) is 66.5 Å². The zero-order valence-corrected chi connectivity index (χ0v) is 12.9. The van der Waals surface area contributed by atoms with Crippen molar-refractivity contribution in [1.82, 2.24) is 10.2 Å². The fourth-order valence-corrected chi connectivity index (χ4v) is 4.61. The van der Waals surface area contributed by atoms with Crippen LogP contribution in [-0.4, -0.2) is 56.9 Å². The van der Waals surface area contributed by atoms with Crippen LogP contribution in [0.4, 0.5) is 0 Å². The smallest absolute Gasteiger partial charge is 0.253 e. The van der Waals surface area contributed by atoms with E-state index in [2.05, 4.69) is 5.32 Å². The summed E-state index contributed by atoms with van der Waals surface area (Å²) in [5.74, 6) is -0.148. The maximum Gasteiger partial charge on any atom is 0.253 e. The molecule has 0 aromatic heterocycles. The van der Waals surface area contributed by atoms with Crippen LogP contribution in [0.3, 0.4) is 0 Å². The Morgan fingerprint density at radius 3 is 2.45 bits per heavy atom. The minimum absolute atomic E-state index is 0.00562. The lowest BCUT2D eigenvalue weighted by Gasteiger charge is -2.28. The van der Waals surface area contributed by atoms with E-state index in [1.807, 2.05) is 0 Å². The van der Waals surface area contributed by atoms with Gasteiger partial charge in [-0.1, -0.05) is 11.6 Å². The number of rotatable bonds is 3. The zero-order valence-electron chi connectivity index (χ0n) is 11.3. The summed E-state index contributed by atoms with van der Waals surface area (Å²) >= 11 is 5.79. The third-order valence-corrected chi connectivity index (χ3v) is 5.57. The van der Waals surface area contributed by atoms with E-state index in [0.717, 1.165) is 0 Å². The van der Waals surface area contributed by atoms with Gasteiger partial charge in [-0.15, -0.1) is 0 Å². The molecule has 1 fully saturated rings. The lowest BCUT2D eigenvalue weighted by molar-refractivity contribution is 0.0729. The number of benzene rings is 1. The number of likely N-dealkylation sites (N-methyl/N-ethyl adjacent to an activating group) is 2. The van der Waals surface area contributed by atoms with Gasteiger partial charge in [0.1, 0.15) is 0 Å². The average molecular weight is 317 g/mol. The molecule has 110 valence electrons. The van der Waals surface area contributed by atoms with E-state index < -0.39 is 9.84 Å². The number of sulfone groups is 1. The molecule has 0 radical (unpaired) electrons. The molecule has 7 heteroatoms. The summed E-state index contributed by atoms with van der Waals surface area (Å²) in [6.45, 7) is 0. The second-order valence-corrected chi connectivity index (χ2v) is 7.55. The highest BCUT2D eigenvalue weighted by Gasteiger charge is 2.40. The maximum atomic E-state index is 12.4. The average Bonchev–Trinajstić information content (AvgIpc) is 2.73. The number of carbonyl (C=O) groups is 1. The van der Waals surface area contributed by atoms with Crippen LogP contribution in [-0.2, 0) is 9.84 Å². The molecule has 0 spiro atoms. The first-order chi connectivity index (χ1) is 9.34. The van der Waals surface area contributed by atoms with Gasteiger partial charge in [0, 0.05) is 23.7 Å². The maximum absolute atomic E-state index is 12.4. The lowest BCUT2D eigenvalue weighted by Crippen LogP contribution is -2.49. The Kier molecular flexibility index (Phi) is 4.36. The summed E-state index contributed by atoms with van der Waals surface area (Å²) < 4.78 is 23.4. The van der Waals surface area contributed by atoms with E-state index in [-0.39, 0.29) is 29.5 Å². The van der Waals surface area contributed by atoms with Crippen molar-refractivity contribution in [2.75, 3.05) is 25.6 Å². The van der Waals surface area contributed by atoms with E-state index in [1.54, 1.807) is 38.4 Å². The van der Waals surface area contributed by atoms with Gasteiger partial charge in [-0.05, 0) is 31.3 Å². The third kappa shape index (κ3) is 3.13. The quantitative estimate of drug-likeness (QED) is 0.895. The van der Waals surface area contributed by atoms with E-state index in [9.17, 15) is 13.2 Å². The van der Waals surface area contributed by atoms with Crippen molar-refractivity contribution in [1.29, 1.82) is 0 Å². The van der Waals surface area contributed by atoms with E-state index >= 15 is 0 Å². The van der Waals surface area contributed by atoms with Gasteiger partial charge in [-0.3, -0.25) is 4.79 Å². The van der Waals surface area contributed by atoms with Crippen LogP contribution in [0.15, 0.2) is 24.3 Å². The van der Waals surface area contributed by atoms with E-state index in [0.29, 0.717) is 10.6 Å². The molecule has 2 atom stereocenters. The first kappa shape index (κ1) is 15.3. The molecule has 1 aromatic carbocycles. The van der Waals surface area contributed by atoms with Crippen molar-refractivity contribution >= 4 is 27.3 Å². The monoisotopic (exact) mass is 316 g/mol. The second-order valence-electron chi connectivity index (χ2n) is 4.96. The van der Waals surface area contributed by atoms with Gasteiger partial charge in [-0.2, -0.15) is 0 Å². The molecule has 0 aliphatic carbocycles. The summed E-state index contributed by atoms with van der Waals surface area (Å²) in [6.07, 6.45) is 0. The molecule has 1 amide bonds. The van der Waals surface area contributed by atoms with Crippen molar-refractivity contribution in [2.24, 2.45) is 0 Å². The van der Waals surface area contributed by atoms with Gasteiger partial charge in [0.15, 0.2) is 9.84 Å². The zero-order chi connectivity index (χ0) is 14.9. The molecule has 0 saturated carbocycles. The Balaban J connectivity index is 2.20. The molecule has 1 aromatic rings. The normalized spacial score (nSPS) is 24.6. The van der Waals surface area contributed by atoms with Gasteiger partial charge in [0.2, 0.25) is 0 Å². The highest BCUT2D eigenvalue weighted by atomic mass is 35.5. The predicted octanol–water partition coefficient (Wildman–Crippen LogP) is 0.797. The molecule has 20 heavy (non-hydrogen) atoms. The van der Waals surface area contributed by atoms with Crippen molar-refractivity contribution in [2.45, 2.75) is 12.1 Å². The molecule has 0 unspecified atom stereocenters. The van der Waals surface area contributed by atoms with Crippen molar-refractivity contribution in [3.05, 3.63) is 34.9 Å². The molecule has 1 saturated heterocycles. The number of nitrogens with zero attached hydrogens (tertiary/aromatic N) is 1. The summed E-state index contributed by atoms with van der Waals surface area (Å²) in [5.41, 5.74) is 0.496. The number of hydrogen-bond acceptors (Lipinski definition) is 4. The summed E-state index contributed by atoms with van der Waals surface area (Å²) in [6, 6.07) is 5.97. The highest BCUT2D eigenvalue weighted by Crippen LogP contribution is 2.20. The number of halogens is 1. The molecule has 1 heterocycles. The van der Waals surface area contributed by atoms with E-state index in [4.69, 9.17) is 11.6 Å². The number of nitrogens with one attached hydrogen (secondary N) is 1. The second kappa shape index (κ2) is 5.71. The van der Waals surface area contributed by atoms with Gasteiger partial charge in [-0.25, -0.2) is 8.42 Å². The first-order valence-electron chi connectivity index (χ1n) is 6.24. The van der Waals surface area contributed by atoms with E-state index in [1.165, 1.54) is 4.90 Å². The van der Waals surface area contributed by atoms with Crippen molar-refractivity contribution < 1.29 is 13.2 Å². The standard InChI is InChI=1S/C13H17ClN2O3S/c1-15-11-7-20(18,19)8-12(11)16(2)13(17)9-3-5-10(14)6-4-9/h3-6,11-12,15H,7-8H2,1-2H3/t11-,12-/m0/s1. The van der Waals surface area contributed by atoms with Crippen LogP contribution in [0.1, 0.15) is 10.4 Å². The summed E-state index contributed by atoms with van der Waals surface area (Å²) in [5, 5.41) is 3.53. The Hall–Kier alpha value is -1.11. The van der Waals surface area contributed by atoms with Crippen LogP contribution < -0.4 is 5.32 Å². The third-order valence-electron chi connectivity index (χ3n) is 3.60. The number of amides is 1. The Bertz CT molecular complexity index is 601. The fraction of sp³-hybridized carbons (Fsp3) is 0.462. The van der Waals surface area contributed by atoms with Gasteiger partial charge >= 0.3 is 0 Å². The summed E-state index contributed by atoms with van der Waals surface area (Å²) in [7, 11) is 0.238. The first-order valence-corrected chi connectivity index (χ1v) is 8.44. The minimum Gasteiger partial charge on any atom is -0.336 e. The number of carbonyl (C=O) groups excluding carboxylic acids is 1. The molecule has 1 aliphatic heterocycles. The minimum atomic E-state index is -3.10. The molecule has 0 bridgehead atoms. The van der Waals surface area contributed by atoms with Crippen LogP contribution in [0, 0.1) is 0 Å². The Morgan fingerprint density at radius 1 is 1.30 bits per heavy atom. The number of hydrogen-bond donors (Lipinski definition) is 1. The van der Waals surface area contributed by atoms with Crippen LogP contribution >= 0.6 is 11.6 Å². The van der Waals surface area contributed by atoms with Gasteiger partial charge in [0.25, 0.3) is 5.91 Å². The van der Waals surface area contributed by atoms with Crippen molar-refractivity contribution in [3.63, 3.8) is 0 Å². The largest absolute Gasteiger partial charge is 0.336 e. The SMILES string of the molecule is CN[C@H]1CS(=O)(=O)C[C@@H]1N(C)C(=O)c1ccc(Cl)cc1. The fourth-order valence-electron chi connectivity index (χ4n) is 2.43.